The zero-order valence-corrected chi connectivity index (χ0v) is 19.2. The minimum atomic E-state index is -0.587. The molecule has 0 aromatic heterocycles. The third kappa shape index (κ3) is 7.04. The van der Waals surface area contributed by atoms with E-state index in [-0.39, 0.29) is 41.9 Å². The molecular weight excluding hydrogens is 399 g/mol. The highest BCUT2D eigenvalue weighted by molar-refractivity contribution is 5.89. The van der Waals surface area contributed by atoms with E-state index in [0.29, 0.717) is 19.7 Å². The number of ether oxygens (including phenoxy) is 1. The predicted molar refractivity (Wildman–Crippen MR) is 117 cm³/mol. The summed E-state index contributed by atoms with van der Waals surface area (Å²) in [6.07, 6.45) is 1.69. The van der Waals surface area contributed by atoms with Crippen molar-refractivity contribution in [3.63, 3.8) is 0 Å². The Labute approximate surface area is 184 Å². The van der Waals surface area contributed by atoms with Gasteiger partial charge < -0.3 is 15.0 Å². The zero-order valence-electron chi connectivity index (χ0n) is 19.2. The molecule has 1 heterocycles. The number of esters is 1. The van der Waals surface area contributed by atoms with Crippen LogP contribution in [0.25, 0.3) is 0 Å². The first kappa shape index (κ1) is 24.8. The smallest absolute Gasteiger partial charge is 0.306 e. The normalized spacial score (nSPS) is 17.0. The number of hydrogen-bond donors (Lipinski definition) is 1. The summed E-state index contributed by atoms with van der Waals surface area (Å²) in [5, 5.41) is 2.80. The van der Waals surface area contributed by atoms with Gasteiger partial charge in [-0.05, 0) is 56.2 Å². The Kier molecular flexibility index (Phi) is 8.60. The maximum absolute atomic E-state index is 13.4. The van der Waals surface area contributed by atoms with Crippen molar-refractivity contribution in [1.82, 2.24) is 10.2 Å². The molecule has 2 unspecified atom stereocenters. The average Bonchev–Trinajstić information content (AvgIpc) is 2.72. The lowest BCUT2D eigenvalue weighted by atomic mass is 9.78. The van der Waals surface area contributed by atoms with E-state index in [2.05, 4.69) is 5.32 Å². The molecule has 2 amide bonds. The van der Waals surface area contributed by atoms with Crippen LogP contribution in [0.15, 0.2) is 24.3 Å². The predicted octanol–water partition coefficient (Wildman–Crippen LogP) is 3.65. The number of piperidine rings is 1. The summed E-state index contributed by atoms with van der Waals surface area (Å²) >= 11 is 0. The van der Waals surface area contributed by atoms with Crippen molar-refractivity contribution in [3.8, 4) is 0 Å². The summed E-state index contributed by atoms with van der Waals surface area (Å²) in [5.41, 5.74) is 0.349. The van der Waals surface area contributed by atoms with Gasteiger partial charge >= 0.3 is 5.97 Å². The quantitative estimate of drug-likeness (QED) is 0.665. The van der Waals surface area contributed by atoms with E-state index in [1.807, 2.05) is 20.8 Å². The number of halogens is 1. The van der Waals surface area contributed by atoms with Gasteiger partial charge in [0.15, 0.2) is 0 Å². The number of hydrogen-bond acceptors (Lipinski definition) is 4. The molecule has 0 spiro atoms. The lowest BCUT2D eigenvalue weighted by Gasteiger charge is -2.37. The van der Waals surface area contributed by atoms with E-state index in [1.54, 1.807) is 30.9 Å². The topological polar surface area (TPSA) is 75.7 Å². The maximum Gasteiger partial charge on any atom is 0.306 e. The number of carbonyl (C=O) groups excluding carboxylic acids is 3. The van der Waals surface area contributed by atoms with Crippen LogP contribution in [0, 0.1) is 17.2 Å². The van der Waals surface area contributed by atoms with E-state index < -0.39 is 11.5 Å². The SMILES string of the molecule is CCOC(=O)CC(c1ccc(F)cc1)C1CCN(C(=O)C(C)NC(=O)C(C)(C)C)CC1. The van der Waals surface area contributed by atoms with Crippen LogP contribution in [-0.2, 0) is 19.1 Å². The highest BCUT2D eigenvalue weighted by atomic mass is 19.1. The standard InChI is InChI=1S/C24H35FN2O4/c1-6-31-21(28)15-20(17-7-9-19(25)10-8-17)18-11-13-27(14-12-18)22(29)16(2)26-23(30)24(3,4)5/h7-10,16,18,20H,6,11-15H2,1-5H3,(H,26,30). The molecule has 1 N–H and O–H groups in total. The molecule has 172 valence electrons. The van der Waals surface area contributed by atoms with Crippen LogP contribution < -0.4 is 5.32 Å². The molecule has 7 heteroatoms. The molecule has 0 saturated carbocycles. The van der Waals surface area contributed by atoms with Crippen molar-refractivity contribution in [3.05, 3.63) is 35.6 Å². The number of likely N-dealkylation sites (tertiary alicyclic amines) is 1. The van der Waals surface area contributed by atoms with Crippen molar-refractivity contribution < 1.29 is 23.5 Å². The van der Waals surface area contributed by atoms with E-state index in [4.69, 9.17) is 4.74 Å². The Hall–Kier alpha value is -2.44. The molecule has 1 fully saturated rings. The minimum Gasteiger partial charge on any atom is -0.466 e. The molecule has 1 aliphatic heterocycles. The fraction of sp³-hybridized carbons (Fsp3) is 0.625. The van der Waals surface area contributed by atoms with Gasteiger partial charge in [-0.3, -0.25) is 14.4 Å². The second kappa shape index (κ2) is 10.7. The van der Waals surface area contributed by atoms with E-state index in [9.17, 15) is 18.8 Å². The molecule has 0 bridgehead atoms. The maximum atomic E-state index is 13.4. The van der Waals surface area contributed by atoms with Crippen molar-refractivity contribution in [2.45, 2.75) is 65.8 Å². The fourth-order valence-corrected chi connectivity index (χ4v) is 3.94. The summed E-state index contributed by atoms with van der Waals surface area (Å²) < 4.78 is 18.5. The Balaban J connectivity index is 2.02. The number of amides is 2. The first-order chi connectivity index (χ1) is 14.5. The van der Waals surface area contributed by atoms with Crippen LogP contribution in [0.5, 0.6) is 0 Å². The molecule has 1 aromatic carbocycles. The molecule has 2 atom stereocenters. The van der Waals surface area contributed by atoms with Crippen molar-refractivity contribution >= 4 is 17.8 Å². The molecule has 1 saturated heterocycles. The molecular formula is C24H35FN2O4. The van der Waals surface area contributed by atoms with E-state index in [1.165, 1.54) is 12.1 Å². The van der Waals surface area contributed by atoms with Crippen LogP contribution in [0.4, 0.5) is 4.39 Å². The molecule has 1 aliphatic rings. The molecule has 1 aromatic rings. The van der Waals surface area contributed by atoms with Crippen LogP contribution >= 0.6 is 0 Å². The first-order valence-corrected chi connectivity index (χ1v) is 11.0. The fourth-order valence-electron chi connectivity index (χ4n) is 3.94. The van der Waals surface area contributed by atoms with E-state index in [0.717, 1.165) is 18.4 Å². The lowest BCUT2D eigenvalue weighted by Crippen LogP contribution is -2.51. The lowest BCUT2D eigenvalue weighted by molar-refractivity contribution is -0.144. The van der Waals surface area contributed by atoms with Gasteiger partial charge in [-0.2, -0.15) is 0 Å². The van der Waals surface area contributed by atoms with Gasteiger partial charge in [0.05, 0.1) is 13.0 Å². The number of nitrogens with zero attached hydrogens (tertiary/aromatic N) is 1. The summed E-state index contributed by atoms with van der Waals surface area (Å²) in [5.74, 6) is -0.749. The van der Waals surface area contributed by atoms with Crippen molar-refractivity contribution in [2.75, 3.05) is 19.7 Å². The Morgan fingerprint density at radius 1 is 1.16 bits per heavy atom. The van der Waals surface area contributed by atoms with Crippen LogP contribution in [0.1, 0.15) is 65.4 Å². The first-order valence-electron chi connectivity index (χ1n) is 11.0. The Morgan fingerprint density at radius 2 is 1.74 bits per heavy atom. The molecule has 2 rings (SSSR count). The van der Waals surface area contributed by atoms with Gasteiger partial charge in [-0.1, -0.05) is 32.9 Å². The number of carbonyl (C=O) groups is 3. The van der Waals surface area contributed by atoms with Gasteiger partial charge in [0.25, 0.3) is 0 Å². The third-order valence-electron chi connectivity index (χ3n) is 5.81. The minimum absolute atomic E-state index is 0.0880. The highest BCUT2D eigenvalue weighted by Gasteiger charge is 2.33. The molecule has 31 heavy (non-hydrogen) atoms. The number of benzene rings is 1. The number of nitrogens with one attached hydrogen (secondary N) is 1. The third-order valence-corrected chi connectivity index (χ3v) is 5.81. The monoisotopic (exact) mass is 434 g/mol. The molecule has 6 nitrogen and oxygen atoms in total. The Bertz CT molecular complexity index is 765. The van der Waals surface area contributed by atoms with Crippen LogP contribution in [-0.4, -0.2) is 48.4 Å². The average molecular weight is 435 g/mol. The van der Waals surface area contributed by atoms with E-state index >= 15 is 0 Å². The van der Waals surface area contributed by atoms with Gasteiger partial charge in [0.1, 0.15) is 11.9 Å². The highest BCUT2D eigenvalue weighted by Crippen LogP contribution is 2.36. The number of rotatable bonds is 7. The van der Waals surface area contributed by atoms with Crippen LogP contribution in [0.2, 0.25) is 0 Å². The van der Waals surface area contributed by atoms with Crippen molar-refractivity contribution in [1.29, 1.82) is 0 Å². The van der Waals surface area contributed by atoms with Crippen molar-refractivity contribution in [2.24, 2.45) is 11.3 Å². The second-order valence-electron chi connectivity index (χ2n) is 9.28. The summed E-state index contributed by atoms with van der Waals surface area (Å²) in [6.45, 7) is 10.3. The summed E-state index contributed by atoms with van der Waals surface area (Å²) in [4.78, 5) is 38.9. The molecule has 0 aliphatic carbocycles. The summed E-state index contributed by atoms with van der Waals surface area (Å²) in [6, 6.07) is 5.68. The zero-order chi connectivity index (χ0) is 23.2. The Morgan fingerprint density at radius 3 is 2.26 bits per heavy atom. The van der Waals surface area contributed by atoms with Gasteiger partial charge in [0.2, 0.25) is 11.8 Å². The molecule has 0 radical (unpaired) electrons. The van der Waals surface area contributed by atoms with Gasteiger partial charge in [-0.25, -0.2) is 4.39 Å². The second-order valence-corrected chi connectivity index (χ2v) is 9.28. The van der Waals surface area contributed by atoms with Gasteiger partial charge in [-0.15, -0.1) is 0 Å². The largest absolute Gasteiger partial charge is 0.466 e. The summed E-state index contributed by atoms with van der Waals surface area (Å²) in [7, 11) is 0. The van der Waals surface area contributed by atoms with Crippen LogP contribution in [0.3, 0.4) is 0 Å². The van der Waals surface area contributed by atoms with Gasteiger partial charge in [0, 0.05) is 18.5 Å².